The molecule has 23 heavy (non-hydrogen) atoms. The summed E-state index contributed by atoms with van der Waals surface area (Å²) in [6.07, 6.45) is 1.65. The lowest BCUT2D eigenvalue weighted by molar-refractivity contribution is -0.141. The van der Waals surface area contributed by atoms with Gasteiger partial charge < -0.3 is 10.2 Å². The lowest BCUT2D eigenvalue weighted by Gasteiger charge is -2.28. The van der Waals surface area contributed by atoms with Crippen LogP contribution in [0.5, 0.6) is 0 Å². The van der Waals surface area contributed by atoms with Crippen molar-refractivity contribution < 1.29 is 18.0 Å². The van der Waals surface area contributed by atoms with Gasteiger partial charge in [-0.2, -0.15) is 17.6 Å². The molecule has 0 spiro atoms. The minimum atomic E-state index is -4.51. The Kier molecular flexibility index (Phi) is 4.12. The molecule has 3 rings (SSSR count). The second-order valence-corrected chi connectivity index (χ2v) is 5.60. The van der Waals surface area contributed by atoms with E-state index in [1.807, 2.05) is 11.1 Å². The first-order chi connectivity index (χ1) is 10.9. The normalized spacial score (nSPS) is 17.3. The molecule has 0 atom stereocenters. The molecule has 120 valence electrons. The van der Waals surface area contributed by atoms with Crippen LogP contribution in [0.15, 0.2) is 46.7 Å². The maximum absolute atomic E-state index is 12.5. The molecule has 1 aromatic rings. The quantitative estimate of drug-likeness (QED) is 0.841. The van der Waals surface area contributed by atoms with Crippen molar-refractivity contribution in [2.45, 2.75) is 6.18 Å². The average molecular weight is 340 g/mol. The average Bonchev–Trinajstić information content (AvgIpc) is 2.54. The number of carbonyl (C=O) groups is 1. The van der Waals surface area contributed by atoms with E-state index in [0.29, 0.717) is 11.4 Å². The molecular weight excluding hydrogens is 329 g/mol. The van der Waals surface area contributed by atoms with Crippen LogP contribution in [-0.2, 0) is 11.0 Å². The van der Waals surface area contributed by atoms with Crippen molar-refractivity contribution in [1.29, 1.82) is 0 Å². The number of nitrogens with one attached hydrogen (secondary N) is 1. The van der Waals surface area contributed by atoms with Gasteiger partial charge in [-0.05, 0) is 36.2 Å². The van der Waals surface area contributed by atoms with Gasteiger partial charge in [-0.25, -0.2) is 4.98 Å². The fraction of sp³-hybridized carbons (Fsp3) is 0.214. The summed E-state index contributed by atoms with van der Waals surface area (Å²) in [7, 11) is 0. The first-order valence-corrected chi connectivity index (χ1v) is 7.59. The number of anilines is 1. The Labute approximate surface area is 134 Å². The minimum Gasteiger partial charge on any atom is -0.331 e. The van der Waals surface area contributed by atoms with E-state index >= 15 is 0 Å². The van der Waals surface area contributed by atoms with Gasteiger partial charge in [-0.1, -0.05) is 0 Å². The fourth-order valence-corrected chi connectivity index (χ4v) is 2.78. The first-order valence-electron chi connectivity index (χ1n) is 6.65. The second-order valence-electron chi connectivity index (χ2n) is 4.75. The van der Waals surface area contributed by atoms with E-state index in [9.17, 15) is 18.0 Å². The van der Waals surface area contributed by atoms with E-state index in [2.05, 4.69) is 14.7 Å². The molecule has 0 saturated carbocycles. The zero-order valence-electron chi connectivity index (χ0n) is 11.7. The minimum absolute atomic E-state index is 0.189. The molecule has 0 unspecified atom stereocenters. The lowest BCUT2D eigenvalue weighted by Crippen LogP contribution is -2.37. The predicted octanol–water partition coefficient (Wildman–Crippen LogP) is 2.85. The number of alkyl halides is 3. The highest BCUT2D eigenvalue weighted by atomic mass is 32.2. The molecule has 1 aromatic heterocycles. The highest BCUT2D eigenvalue weighted by Crippen LogP contribution is 2.28. The zero-order chi connectivity index (χ0) is 16.4. The van der Waals surface area contributed by atoms with Crippen LogP contribution < -0.4 is 5.32 Å². The highest BCUT2D eigenvalue weighted by Gasteiger charge is 2.32. The Morgan fingerprint density at radius 1 is 1.35 bits per heavy atom. The largest absolute Gasteiger partial charge is 0.433 e. The van der Waals surface area contributed by atoms with Crippen LogP contribution in [0.25, 0.3) is 0 Å². The lowest BCUT2D eigenvalue weighted by atomic mass is 10.1. The highest BCUT2D eigenvalue weighted by molar-refractivity contribution is 7.98. The van der Waals surface area contributed by atoms with Crippen molar-refractivity contribution >= 4 is 29.4 Å². The van der Waals surface area contributed by atoms with E-state index in [4.69, 9.17) is 0 Å². The van der Waals surface area contributed by atoms with Gasteiger partial charge in [0.2, 0.25) is 0 Å². The third-order valence-corrected chi connectivity index (χ3v) is 3.84. The van der Waals surface area contributed by atoms with Crippen LogP contribution in [0.4, 0.5) is 18.9 Å². The zero-order valence-corrected chi connectivity index (χ0v) is 12.5. The number of hydrogen-bond acceptors (Lipinski definition) is 5. The van der Waals surface area contributed by atoms with Crippen molar-refractivity contribution in [3.63, 3.8) is 0 Å². The summed E-state index contributed by atoms with van der Waals surface area (Å²) in [6, 6.07) is 1.99. The van der Waals surface area contributed by atoms with Crippen LogP contribution in [0, 0.1) is 0 Å². The smallest absolute Gasteiger partial charge is 0.331 e. The van der Waals surface area contributed by atoms with Gasteiger partial charge in [0.15, 0.2) is 5.84 Å². The van der Waals surface area contributed by atoms with Crippen LogP contribution in [0.3, 0.4) is 0 Å². The second kappa shape index (κ2) is 6.07. The third kappa shape index (κ3) is 3.39. The summed E-state index contributed by atoms with van der Waals surface area (Å²) >= 11 is 1.37. The van der Waals surface area contributed by atoms with Gasteiger partial charge in [-0.3, -0.25) is 4.79 Å². The fourth-order valence-electron chi connectivity index (χ4n) is 2.08. The van der Waals surface area contributed by atoms with Crippen molar-refractivity contribution in [1.82, 2.24) is 9.88 Å². The molecule has 5 nitrogen and oxygen atoms in total. The van der Waals surface area contributed by atoms with Crippen molar-refractivity contribution in [2.75, 3.05) is 17.6 Å². The Bertz CT molecular complexity index is 710. The summed E-state index contributed by atoms with van der Waals surface area (Å²) in [5.74, 6) is 0.925. The number of halogens is 3. The number of rotatable bonds is 2. The summed E-state index contributed by atoms with van der Waals surface area (Å²) in [5, 5.41) is 2.54. The predicted molar refractivity (Wildman–Crippen MR) is 81.7 cm³/mol. The molecule has 0 bridgehead atoms. The van der Waals surface area contributed by atoms with Gasteiger partial charge in [0.05, 0.1) is 17.5 Å². The summed E-state index contributed by atoms with van der Waals surface area (Å²) in [6.45, 7) is 0.743. The van der Waals surface area contributed by atoms with E-state index in [1.165, 1.54) is 18.0 Å². The number of fused-ring (bicyclic) bond motifs is 1. The maximum atomic E-state index is 12.5. The Hall–Kier alpha value is -2.29. The molecule has 9 heteroatoms. The van der Waals surface area contributed by atoms with Gasteiger partial charge >= 0.3 is 6.18 Å². The van der Waals surface area contributed by atoms with Gasteiger partial charge in [-0.15, -0.1) is 0 Å². The monoisotopic (exact) mass is 340 g/mol. The van der Waals surface area contributed by atoms with Gasteiger partial charge in [0, 0.05) is 18.5 Å². The molecule has 1 amide bonds. The molecule has 3 heterocycles. The first kappa shape index (κ1) is 15.6. The summed E-state index contributed by atoms with van der Waals surface area (Å²) in [5.41, 5.74) is -0.455. The number of pyridine rings is 1. The standard InChI is InChI=1S/C14H11F3N4OS/c15-14(16,17)11-4-3-9(8-18-11)19-13(22)10-2-1-5-21-6-7-23-20-12(10)21/h1-5,8H,6-7H2,(H,19,22). The molecule has 0 aliphatic carbocycles. The molecular formula is C14H11F3N4OS. The molecule has 0 fully saturated rings. The number of amidine groups is 1. The summed E-state index contributed by atoms with van der Waals surface area (Å²) in [4.78, 5) is 17.5. The van der Waals surface area contributed by atoms with E-state index in [0.717, 1.165) is 24.6 Å². The van der Waals surface area contributed by atoms with E-state index in [-0.39, 0.29) is 5.69 Å². The number of allylic oxidation sites excluding steroid dienone is 2. The van der Waals surface area contributed by atoms with Gasteiger partial charge in [0.1, 0.15) is 5.69 Å². The maximum Gasteiger partial charge on any atom is 0.433 e. The van der Waals surface area contributed by atoms with Gasteiger partial charge in [0.25, 0.3) is 5.91 Å². The SMILES string of the molecule is O=C(Nc1ccc(C(F)(F)F)nc1)C1=CC=CN2CCSN=C12. The van der Waals surface area contributed by atoms with Crippen molar-refractivity contribution in [3.8, 4) is 0 Å². The van der Waals surface area contributed by atoms with Crippen LogP contribution in [-0.4, -0.2) is 33.9 Å². The Morgan fingerprint density at radius 3 is 2.87 bits per heavy atom. The number of aromatic nitrogens is 1. The number of hydrogen-bond donors (Lipinski definition) is 1. The number of nitrogens with zero attached hydrogens (tertiary/aromatic N) is 3. The van der Waals surface area contributed by atoms with Crippen molar-refractivity contribution in [3.05, 3.63) is 47.9 Å². The van der Waals surface area contributed by atoms with E-state index in [1.54, 1.807) is 12.2 Å². The molecule has 0 aromatic carbocycles. The van der Waals surface area contributed by atoms with Crippen molar-refractivity contribution in [2.24, 2.45) is 4.40 Å². The Balaban J connectivity index is 1.75. The number of amides is 1. The topological polar surface area (TPSA) is 57.6 Å². The Morgan fingerprint density at radius 2 is 2.17 bits per heavy atom. The number of carbonyl (C=O) groups excluding carboxylic acids is 1. The molecule has 0 saturated heterocycles. The van der Waals surface area contributed by atoms with Crippen LogP contribution in [0.2, 0.25) is 0 Å². The molecule has 1 N–H and O–H groups in total. The molecule has 2 aliphatic rings. The van der Waals surface area contributed by atoms with Crippen LogP contribution in [0.1, 0.15) is 5.69 Å². The van der Waals surface area contributed by atoms with E-state index < -0.39 is 17.8 Å². The molecule has 2 aliphatic heterocycles. The molecule has 0 radical (unpaired) electrons. The van der Waals surface area contributed by atoms with Crippen LogP contribution >= 0.6 is 11.9 Å². The third-order valence-electron chi connectivity index (χ3n) is 3.17. The summed E-state index contributed by atoms with van der Waals surface area (Å²) < 4.78 is 41.7.